The molecule has 0 spiro atoms. The fraction of sp³-hybridized carbons (Fsp3) is 0.286. The number of nitrogens with zero attached hydrogens (tertiary/aromatic N) is 1. The lowest BCUT2D eigenvalue weighted by Crippen LogP contribution is -2.00. The summed E-state index contributed by atoms with van der Waals surface area (Å²) in [4.78, 5) is 3.06. The minimum atomic E-state index is -2.95. The van der Waals surface area contributed by atoms with Crippen LogP contribution in [0.1, 0.15) is 12.1 Å². The predicted octanol–water partition coefficient (Wildman–Crippen LogP) is 2.31. The van der Waals surface area contributed by atoms with Gasteiger partial charge < -0.3 is 4.74 Å². The average Bonchev–Trinajstić information content (AvgIpc) is 2.09. The van der Waals surface area contributed by atoms with Gasteiger partial charge in [0.15, 0.2) is 5.82 Å². The van der Waals surface area contributed by atoms with E-state index in [1.807, 2.05) is 0 Å². The highest BCUT2D eigenvalue weighted by Gasteiger charge is 2.17. The molecule has 0 amide bonds. The van der Waals surface area contributed by atoms with Crippen molar-refractivity contribution in [1.29, 1.82) is 0 Å². The monoisotopic (exact) mass is 195 g/mol. The number of pyridine rings is 1. The second-order valence-corrected chi connectivity index (χ2v) is 2.15. The lowest BCUT2D eigenvalue weighted by molar-refractivity contribution is 0.143. The maximum absolute atomic E-state index is 12.6. The molecular weight excluding hydrogens is 190 g/mol. The standard InChI is InChI=1S/C7H5F4NO/c1-13-7-5(9)3(8)2-4(12-7)6(10)11/h2,6H,1H3. The molecule has 0 atom stereocenters. The summed E-state index contributed by atoms with van der Waals surface area (Å²) >= 11 is 0. The van der Waals surface area contributed by atoms with Crippen LogP contribution in [0.25, 0.3) is 0 Å². The predicted molar refractivity (Wildman–Crippen MR) is 35.7 cm³/mol. The maximum Gasteiger partial charge on any atom is 0.280 e. The van der Waals surface area contributed by atoms with Crippen LogP contribution < -0.4 is 4.74 Å². The van der Waals surface area contributed by atoms with Crippen LogP contribution in [0, 0.1) is 11.6 Å². The Hall–Kier alpha value is -1.33. The van der Waals surface area contributed by atoms with Crippen molar-refractivity contribution in [3.63, 3.8) is 0 Å². The Bertz CT molecular complexity index is 316. The van der Waals surface area contributed by atoms with Crippen molar-refractivity contribution in [3.8, 4) is 5.88 Å². The van der Waals surface area contributed by atoms with E-state index in [4.69, 9.17) is 0 Å². The molecule has 72 valence electrons. The molecule has 0 radical (unpaired) electrons. The number of halogens is 4. The molecular formula is C7H5F4NO. The van der Waals surface area contributed by atoms with Gasteiger partial charge in [-0.25, -0.2) is 18.2 Å². The lowest BCUT2D eigenvalue weighted by atomic mass is 10.3. The van der Waals surface area contributed by atoms with Gasteiger partial charge in [-0.1, -0.05) is 0 Å². The van der Waals surface area contributed by atoms with Crippen LogP contribution in [-0.2, 0) is 0 Å². The van der Waals surface area contributed by atoms with Crippen molar-refractivity contribution in [3.05, 3.63) is 23.4 Å². The number of ether oxygens (including phenoxy) is 1. The second-order valence-electron chi connectivity index (χ2n) is 2.15. The van der Waals surface area contributed by atoms with Gasteiger partial charge >= 0.3 is 0 Å². The first-order valence-electron chi connectivity index (χ1n) is 3.24. The van der Waals surface area contributed by atoms with E-state index in [-0.39, 0.29) is 0 Å². The normalized spacial score (nSPS) is 10.6. The molecule has 1 aromatic rings. The summed E-state index contributed by atoms with van der Waals surface area (Å²) in [5, 5.41) is 0. The molecule has 2 nitrogen and oxygen atoms in total. The molecule has 0 saturated heterocycles. The highest BCUT2D eigenvalue weighted by molar-refractivity contribution is 5.20. The Morgan fingerprint density at radius 1 is 1.38 bits per heavy atom. The first-order chi connectivity index (χ1) is 6.06. The van der Waals surface area contributed by atoms with Gasteiger partial charge in [0.1, 0.15) is 5.69 Å². The van der Waals surface area contributed by atoms with E-state index in [0.717, 1.165) is 7.11 Å². The minimum Gasteiger partial charge on any atom is -0.479 e. The van der Waals surface area contributed by atoms with Crippen molar-refractivity contribution >= 4 is 0 Å². The molecule has 0 saturated carbocycles. The zero-order valence-electron chi connectivity index (χ0n) is 6.52. The van der Waals surface area contributed by atoms with Gasteiger partial charge in [-0.15, -0.1) is 0 Å². The third-order valence-corrected chi connectivity index (χ3v) is 1.32. The summed E-state index contributed by atoms with van der Waals surface area (Å²) < 4.78 is 53.4. The number of rotatable bonds is 2. The highest BCUT2D eigenvalue weighted by Crippen LogP contribution is 2.23. The Labute approximate surface area is 71.2 Å². The molecule has 0 bridgehead atoms. The maximum atomic E-state index is 12.6. The molecule has 0 aliphatic carbocycles. The largest absolute Gasteiger partial charge is 0.479 e. The van der Waals surface area contributed by atoms with Crippen LogP contribution in [-0.4, -0.2) is 12.1 Å². The van der Waals surface area contributed by atoms with Gasteiger partial charge in [0.25, 0.3) is 12.3 Å². The van der Waals surface area contributed by atoms with Gasteiger partial charge in [-0.05, 0) is 0 Å². The molecule has 13 heavy (non-hydrogen) atoms. The second kappa shape index (κ2) is 3.59. The van der Waals surface area contributed by atoms with Crippen molar-refractivity contribution in [2.75, 3.05) is 7.11 Å². The Balaban J connectivity index is 3.22. The Kier molecular flexibility index (Phi) is 2.69. The Morgan fingerprint density at radius 3 is 2.46 bits per heavy atom. The molecule has 0 aromatic carbocycles. The van der Waals surface area contributed by atoms with E-state index < -0.39 is 29.6 Å². The molecule has 1 aromatic heterocycles. The number of methoxy groups -OCH3 is 1. The Morgan fingerprint density at radius 2 is 2.00 bits per heavy atom. The SMILES string of the molecule is COc1nc(C(F)F)cc(F)c1F. The lowest BCUT2D eigenvalue weighted by Gasteiger charge is -2.04. The van der Waals surface area contributed by atoms with Crippen molar-refractivity contribution < 1.29 is 22.3 Å². The van der Waals surface area contributed by atoms with Gasteiger partial charge in [0.05, 0.1) is 7.11 Å². The van der Waals surface area contributed by atoms with Crippen LogP contribution in [0.4, 0.5) is 17.6 Å². The number of hydrogen-bond acceptors (Lipinski definition) is 2. The molecule has 0 N–H and O–H groups in total. The third-order valence-electron chi connectivity index (χ3n) is 1.32. The first-order valence-corrected chi connectivity index (χ1v) is 3.24. The summed E-state index contributed by atoms with van der Waals surface area (Å²) in [6, 6.07) is 0.336. The first kappa shape index (κ1) is 9.76. The molecule has 0 unspecified atom stereocenters. The van der Waals surface area contributed by atoms with E-state index in [2.05, 4.69) is 9.72 Å². The van der Waals surface area contributed by atoms with Crippen LogP contribution in [0.15, 0.2) is 6.07 Å². The summed E-state index contributed by atoms with van der Waals surface area (Å²) in [7, 11) is 1.01. The van der Waals surface area contributed by atoms with E-state index >= 15 is 0 Å². The smallest absolute Gasteiger partial charge is 0.280 e. The van der Waals surface area contributed by atoms with Crippen molar-refractivity contribution in [1.82, 2.24) is 4.98 Å². The number of aromatic nitrogens is 1. The number of hydrogen-bond donors (Lipinski definition) is 0. The zero-order chi connectivity index (χ0) is 10.0. The van der Waals surface area contributed by atoms with Crippen LogP contribution in [0.5, 0.6) is 5.88 Å². The van der Waals surface area contributed by atoms with Gasteiger partial charge in [0, 0.05) is 6.07 Å². The third kappa shape index (κ3) is 1.88. The molecule has 0 fully saturated rings. The van der Waals surface area contributed by atoms with Crippen LogP contribution in [0.3, 0.4) is 0 Å². The van der Waals surface area contributed by atoms with Crippen molar-refractivity contribution in [2.45, 2.75) is 6.43 Å². The molecule has 0 aliphatic rings. The van der Waals surface area contributed by atoms with Crippen LogP contribution >= 0.6 is 0 Å². The van der Waals surface area contributed by atoms with Gasteiger partial charge in [-0.2, -0.15) is 4.39 Å². The summed E-state index contributed by atoms with van der Waals surface area (Å²) in [5.41, 5.74) is -0.851. The van der Waals surface area contributed by atoms with Crippen LogP contribution in [0.2, 0.25) is 0 Å². The topological polar surface area (TPSA) is 22.1 Å². The minimum absolute atomic E-state index is 0.336. The quantitative estimate of drug-likeness (QED) is 0.675. The highest BCUT2D eigenvalue weighted by atomic mass is 19.3. The van der Waals surface area contributed by atoms with E-state index in [0.29, 0.717) is 6.07 Å². The molecule has 6 heteroatoms. The zero-order valence-corrected chi connectivity index (χ0v) is 6.52. The van der Waals surface area contributed by atoms with Gasteiger partial charge in [0.2, 0.25) is 5.82 Å². The molecule has 1 heterocycles. The number of alkyl halides is 2. The van der Waals surface area contributed by atoms with E-state index in [9.17, 15) is 17.6 Å². The molecule has 0 aliphatic heterocycles. The van der Waals surface area contributed by atoms with Gasteiger partial charge in [-0.3, -0.25) is 0 Å². The summed E-state index contributed by atoms with van der Waals surface area (Å²) in [5.74, 6) is -3.54. The molecule has 1 rings (SSSR count). The fourth-order valence-electron chi connectivity index (χ4n) is 0.741. The van der Waals surface area contributed by atoms with E-state index in [1.54, 1.807) is 0 Å². The fourth-order valence-corrected chi connectivity index (χ4v) is 0.741. The summed E-state index contributed by atoms with van der Waals surface area (Å²) in [6.45, 7) is 0. The van der Waals surface area contributed by atoms with E-state index in [1.165, 1.54) is 0 Å². The average molecular weight is 195 g/mol. The van der Waals surface area contributed by atoms with Crippen molar-refractivity contribution in [2.24, 2.45) is 0 Å². The summed E-state index contributed by atoms with van der Waals surface area (Å²) in [6.07, 6.45) is -2.95.